The number of aromatic nitrogens is 1. The summed E-state index contributed by atoms with van der Waals surface area (Å²) in [5, 5.41) is 12.4. The Morgan fingerprint density at radius 2 is 2.03 bits per heavy atom. The Kier molecular flexibility index (Phi) is 4.23. The molecule has 30 heavy (non-hydrogen) atoms. The highest BCUT2D eigenvalue weighted by Crippen LogP contribution is 2.45. The van der Waals surface area contributed by atoms with Crippen LogP contribution in [0.1, 0.15) is 42.1 Å². The van der Waals surface area contributed by atoms with Crippen molar-refractivity contribution in [1.82, 2.24) is 9.88 Å². The van der Waals surface area contributed by atoms with Crippen LogP contribution in [0.25, 0.3) is 10.9 Å². The summed E-state index contributed by atoms with van der Waals surface area (Å²) in [5.41, 5.74) is -0.421. The van der Waals surface area contributed by atoms with Crippen molar-refractivity contribution < 1.29 is 23.8 Å². The van der Waals surface area contributed by atoms with Crippen molar-refractivity contribution in [3.05, 3.63) is 33.9 Å². The number of rotatable bonds is 4. The number of fused-ring (bicyclic) bond motifs is 2. The number of piperidine rings is 1. The van der Waals surface area contributed by atoms with Gasteiger partial charge in [-0.25, -0.2) is 9.18 Å². The summed E-state index contributed by atoms with van der Waals surface area (Å²) in [5.74, 6) is -1.50. The van der Waals surface area contributed by atoms with Gasteiger partial charge in [-0.15, -0.1) is 0 Å². The number of hydrogen-bond donors (Lipinski definition) is 2. The van der Waals surface area contributed by atoms with E-state index < -0.39 is 17.2 Å². The molecule has 2 atom stereocenters. The summed E-state index contributed by atoms with van der Waals surface area (Å²) >= 11 is 0. The van der Waals surface area contributed by atoms with E-state index in [2.05, 4.69) is 5.32 Å². The van der Waals surface area contributed by atoms with E-state index in [9.17, 15) is 19.5 Å². The Hall–Kier alpha value is -3.10. The quantitative estimate of drug-likeness (QED) is 0.791. The van der Waals surface area contributed by atoms with Crippen LogP contribution >= 0.6 is 0 Å². The molecule has 9 heteroatoms. The number of aromatic carboxylic acids is 1. The molecule has 1 aliphatic carbocycles. The first kappa shape index (κ1) is 18.9. The fraction of sp³-hybridized carbons (Fsp3) is 0.476. The topological polar surface area (TPSA) is 101 Å². The van der Waals surface area contributed by atoms with Gasteiger partial charge in [0.1, 0.15) is 11.3 Å². The number of pyridine rings is 1. The van der Waals surface area contributed by atoms with E-state index in [4.69, 9.17) is 4.74 Å². The number of hydrogen-bond acceptors (Lipinski definition) is 5. The van der Waals surface area contributed by atoms with Gasteiger partial charge in [0, 0.05) is 31.7 Å². The molecule has 3 heterocycles. The van der Waals surface area contributed by atoms with Gasteiger partial charge in [-0.3, -0.25) is 9.59 Å². The van der Waals surface area contributed by atoms with Crippen LogP contribution in [0.2, 0.25) is 0 Å². The summed E-state index contributed by atoms with van der Waals surface area (Å²) in [4.78, 5) is 38.0. The number of benzene rings is 1. The lowest BCUT2D eigenvalue weighted by molar-refractivity contribution is -0.123. The highest BCUT2D eigenvalue weighted by molar-refractivity contribution is 5.97. The lowest BCUT2D eigenvalue weighted by Crippen LogP contribution is -2.44. The van der Waals surface area contributed by atoms with Crippen LogP contribution in [0.5, 0.6) is 5.75 Å². The third-order valence-corrected chi connectivity index (χ3v) is 6.42. The predicted octanol–water partition coefficient (Wildman–Crippen LogP) is 1.90. The van der Waals surface area contributed by atoms with Gasteiger partial charge >= 0.3 is 5.97 Å². The van der Waals surface area contributed by atoms with Crippen molar-refractivity contribution >= 4 is 28.5 Å². The van der Waals surface area contributed by atoms with Crippen molar-refractivity contribution in [2.75, 3.05) is 25.1 Å². The average molecular weight is 415 g/mol. The van der Waals surface area contributed by atoms with E-state index in [1.165, 1.54) is 13.3 Å². The molecule has 5 rings (SSSR count). The molecule has 2 aliphatic heterocycles. The van der Waals surface area contributed by atoms with Crippen LogP contribution in [0, 0.1) is 11.7 Å². The SMILES string of the molecule is COc1c(N2CC3CCC(=O)NC3C2)c(F)cc2c(=O)c(C(=O)O)cn(C3CC3)c12. The number of amides is 1. The maximum Gasteiger partial charge on any atom is 0.341 e. The fourth-order valence-corrected chi connectivity index (χ4v) is 4.83. The summed E-state index contributed by atoms with van der Waals surface area (Å²) in [7, 11) is 1.43. The Balaban J connectivity index is 1.71. The van der Waals surface area contributed by atoms with Gasteiger partial charge in [-0.05, 0) is 31.2 Å². The first-order valence-electron chi connectivity index (χ1n) is 10.1. The first-order chi connectivity index (χ1) is 14.4. The molecule has 1 saturated carbocycles. The summed E-state index contributed by atoms with van der Waals surface area (Å²) in [6.07, 6.45) is 4.27. The number of carbonyl (C=O) groups excluding carboxylic acids is 1. The molecule has 3 fully saturated rings. The number of ether oxygens (including phenoxy) is 1. The van der Waals surface area contributed by atoms with E-state index in [0.717, 1.165) is 25.3 Å². The van der Waals surface area contributed by atoms with E-state index in [1.54, 1.807) is 4.57 Å². The van der Waals surface area contributed by atoms with Crippen LogP contribution in [0.3, 0.4) is 0 Å². The number of methoxy groups -OCH3 is 1. The molecular weight excluding hydrogens is 393 g/mol. The van der Waals surface area contributed by atoms with Gasteiger partial charge in [0.05, 0.1) is 24.1 Å². The number of carboxylic acid groups (broad SMARTS) is 1. The van der Waals surface area contributed by atoms with Crippen LogP contribution in [-0.4, -0.2) is 47.8 Å². The van der Waals surface area contributed by atoms with Crippen molar-refractivity contribution in [1.29, 1.82) is 0 Å². The minimum absolute atomic E-state index is 0.00446. The average Bonchev–Trinajstić information content (AvgIpc) is 3.46. The summed E-state index contributed by atoms with van der Waals surface area (Å²) in [6, 6.07) is 1.13. The lowest BCUT2D eigenvalue weighted by Gasteiger charge is -2.24. The van der Waals surface area contributed by atoms with Crippen LogP contribution < -0.4 is 20.4 Å². The predicted molar refractivity (Wildman–Crippen MR) is 107 cm³/mol. The number of carboxylic acids is 1. The van der Waals surface area contributed by atoms with Gasteiger partial charge in [0.25, 0.3) is 0 Å². The monoisotopic (exact) mass is 415 g/mol. The van der Waals surface area contributed by atoms with E-state index in [1.807, 2.05) is 4.90 Å². The molecule has 1 aromatic heterocycles. The third kappa shape index (κ3) is 2.83. The number of carbonyl (C=O) groups is 2. The first-order valence-corrected chi connectivity index (χ1v) is 10.1. The van der Waals surface area contributed by atoms with Crippen LogP contribution in [0.15, 0.2) is 17.1 Å². The minimum Gasteiger partial charge on any atom is -0.492 e. The molecule has 8 nitrogen and oxygen atoms in total. The Morgan fingerprint density at radius 3 is 2.70 bits per heavy atom. The molecule has 1 aromatic carbocycles. The zero-order chi connectivity index (χ0) is 21.2. The van der Waals surface area contributed by atoms with Crippen LogP contribution in [0.4, 0.5) is 10.1 Å². The molecule has 2 aromatic rings. The Labute approximate surface area is 171 Å². The van der Waals surface area contributed by atoms with E-state index in [0.29, 0.717) is 25.0 Å². The van der Waals surface area contributed by atoms with Gasteiger partial charge in [-0.2, -0.15) is 0 Å². The molecule has 0 bridgehead atoms. The molecule has 0 radical (unpaired) electrons. The van der Waals surface area contributed by atoms with Gasteiger partial charge in [0.2, 0.25) is 11.3 Å². The second-order valence-electron chi connectivity index (χ2n) is 8.33. The number of nitrogens with zero attached hydrogens (tertiary/aromatic N) is 2. The molecule has 158 valence electrons. The van der Waals surface area contributed by atoms with Crippen molar-refractivity contribution in [3.8, 4) is 5.75 Å². The highest BCUT2D eigenvalue weighted by atomic mass is 19.1. The molecular formula is C21H22FN3O5. The minimum atomic E-state index is -1.33. The van der Waals surface area contributed by atoms with Gasteiger partial charge in [0.15, 0.2) is 11.6 Å². The number of anilines is 1. The highest BCUT2D eigenvalue weighted by Gasteiger charge is 2.39. The fourth-order valence-electron chi connectivity index (χ4n) is 4.83. The van der Waals surface area contributed by atoms with E-state index in [-0.39, 0.29) is 46.3 Å². The van der Waals surface area contributed by atoms with Crippen molar-refractivity contribution in [2.45, 2.75) is 37.8 Å². The Morgan fingerprint density at radius 1 is 1.27 bits per heavy atom. The molecule has 3 aliphatic rings. The maximum atomic E-state index is 15.3. The molecule has 1 amide bonds. The smallest absolute Gasteiger partial charge is 0.341 e. The summed E-state index contributed by atoms with van der Waals surface area (Å²) < 4.78 is 22.7. The van der Waals surface area contributed by atoms with Gasteiger partial charge in [-0.1, -0.05) is 0 Å². The van der Waals surface area contributed by atoms with Crippen LogP contribution in [-0.2, 0) is 4.79 Å². The number of halogens is 1. The van der Waals surface area contributed by atoms with Gasteiger partial charge < -0.3 is 24.6 Å². The molecule has 0 spiro atoms. The largest absolute Gasteiger partial charge is 0.492 e. The van der Waals surface area contributed by atoms with E-state index >= 15 is 4.39 Å². The number of nitrogens with one attached hydrogen (secondary N) is 1. The molecule has 2 unspecified atom stereocenters. The second-order valence-corrected chi connectivity index (χ2v) is 8.33. The maximum absolute atomic E-state index is 15.3. The van der Waals surface area contributed by atoms with Crippen molar-refractivity contribution in [3.63, 3.8) is 0 Å². The normalized spacial score (nSPS) is 23.4. The zero-order valence-corrected chi connectivity index (χ0v) is 16.5. The lowest BCUT2D eigenvalue weighted by atomic mass is 9.94. The summed E-state index contributed by atoms with van der Waals surface area (Å²) in [6.45, 7) is 1.03. The van der Waals surface area contributed by atoms with Crippen molar-refractivity contribution in [2.24, 2.45) is 5.92 Å². The Bertz CT molecular complexity index is 1140. The second kappa shape index (κ2) is 6.72. The molecule has 2 saturated heterocycles. The standard InChI is InChI=1S/C21H22FN3O5/c1-30-20-17-12(19(27)13(21(28)29)8-25(17)11-3-4-11)6-14(22)18(20)24-7-10-2-5-16(26)23-15(10)9-24/h6,8,10-11,15H,2-5,7,9H2,1H3,(H,23,26)(H,28,29). The third-order valence-electron chi connectivity index (χ3n) is 6.42. The zero-order valence-electron chi connectivity index (χ0n) is 16.5. The molecule has 2 N–H and O–H groups in total.